The first-order valence-electron chi connectivity index (χ1n) is 9.11. The Labute approximate surface area is 147 Å². The molecule has 1 saturated carbocycles. The minimum absolute atomic E-state index is 0.146. The van der Waals surface area contributed by atoms with Gasteiger partial charge in [0, 0.05) is 23.3 Å². The molecule has 1 aromatic carbocycles. The normalized spacial score (nSPS) is 14.3. The number of hydrogen-bond donors (Lipinski definition) is 0. The second-order valence-corrected chi connectivity index (χ2v) is 6.47. The molecule has 0 spiro atoms. The Morgan fingerprint density at radius 1 is 1.32 bits per heavy atom. The Hall–Kier alpha value is -2.23. The topological polar surface area (TPSA) is 39.2 Å². The van der Waals surface area contributed by atoms with Crippen LogP contribution in [0.4, 0.5) is 4.39 Å². The van der Waals surface area contributed by atoms with Gasteiger partial charge in [0.05, 0.1) is 17.8 Å². The van der Waals surface area contributed by atoms with Crippen LogP contribution in [-0.2, 0) is 9.53 Å². The lowest BCUT2D eigenvalue weighted by Gasteiger charge is -2.09. The molecule has 0 aliphatic heterocycles. The van der Waals surface area contributed by atoms with Gasteiger partial charge in [-0.3, -0.25) is 9.78 Å². The van der Waals surface area contributed by atoms with Crippen molar-refractivity contribution in [1.82, 2.24) is 4.98 Å². The van der Waals surface area contributed by atoms with E-state index in [2.05, 4.69) is 0 Å². The third kappa shape index (κ3) is 4.44. The summed E-state index contributed by atoms with van der Waals surface area (Å²) in [4.78, 5) is 16.0. The number of carbonyl (C=O) groups excluding carboxylic acids is 1. The second kappa shape index (κ2) is 8.24. The van der Waals surface area contributed by atoms with Crippen molar-refractivity contribution in [2.24, 2.45) is 0 Å². The van der Waals surface area contributed by atoms with Gasteiger partial charge < -0.3 is 4.74 Å². The van der Waals surface area contributed by atoms with Crippen molar-refractivity contribution in [3.8, 4) is 0 Å². The molecule has 0 bridgehead atoms. The SMILES string of the molecule is CCOC(=O)CCCC/C=C/c1c(C2CC2)nc2ccccc2c1F. The maximum atomic E-state index is 14.9. The lowest BCUT2D eigenvalue weighted by molar-refractivity contribution is -0.143. The number of fused-ring (bicyclic) bond motifs is 1. The zero-order valence-corrected chi connectivity index (χ0v) is 14.6. The Kier molecular flexibility index (Phi) is 5.79. The van der Waals surface area contributed by atoms with E-state index in [9.17, 15) is 9.18 Å². The van der Waals surface area contributed by atoms with Gasteiger partial charge in [-0.05, 0) is 51.2 Å². The third-order valence-corrected chi connectivity index (χ3v) is 4.45. The van der Waals surface area contributed by atoms with Crippen molar-refractivity contribution in [3.05, 3.63) is 47.4 Å². The zero-order valence-electron chi connectivity index (χ0n) is 14.6. The van der Waals surface area contributed by atoms with Gasteiger partial charge in [-0.1, -0.05) is 24.3 Å². The smallest absolute Gasteiger partial charge is 0.305 e. The maximum Gasteiger partial charge on any atom is 0.305 e. The van der Waals surface area contributed by atoms with Crippen LogP contribution in [0.3, 0.4) is 0 Å². The Morgan fingerprint density at radius 3 is 2.88 bits per heavy atom. The number of unbranched alkanes of at least 4 members (excludes halogenated alkanes) is 2. The van der Waals surface area contributed by atoms with Crippen LogP contribution in [-0.4, -0.2) is 17.6 Å². The van der Waals surface area contributed by atoms with Crippen molar-refractivity contribution < 1.29 is 13.9 Å². The Bertz CT molecular complexity index is 781. The van der Waals surface area contributed by atoms with Crippen molar-refractivity contribution >= 4 is 22.9 Å². The molecule has 1 fully saturated rings. The van der Waals surface area contributed by atoms with E-state index in [4.69, 9.17) is 9.72 Å². The molecule has 0 N–H and O–H groups in total. The van der Waals surface area contributed by atoms with E-state index < -0.39 is 0 Å². The number of hydrogen-bond acceptors (Lipinski definition) is 3. The van der Waals surface area contributed by atoms with Crippen LogP contribution in [0, 0.1) is 5.82 Å². The number of pyridine rings is 1. The first-order chi connectivity index (χ1) is 12.2. The van der Waals surface area contributed by atoms with Crippen molar-refractivity contribution in [2.75, 3.05) is 6.61 Å². The van der Waals surface area contributed by atoms with Crippen LogP contribution in [0.25, 0.3) is 17.0 Å². The molecule has 0 radical (unpaired) electrons. The zero-order chi connectivity index (χ0) is 17.6. The molecule has 1 aliphatic carbocycles. The number of carbonyl (C=O) groups is 1. The van der Waals surface area contributed by atoms with E-state index in [1.165, 1.54) is 0 Å². The van der Waals surface area contributed by atoms with Crippen molar-refractivity contribution in [2.45, 2.75) is 51.4 Å². The minimum Gasteiger partial charge on any atom is -0.466 e. The van der Waals surface area contributed by atoms with Gasteiger partial charge in [-0.15, -0.1) is 0 Å². The summed E-state index contributed by atoms with van der Waals surface area (Å²) in [5, 5.41) is 0.578. The van der Waals surface area contributed by atoms with Crippen LogP contribution in [0.5, 0.6) is 0 Å². The summed E-state index contributed by atoms with van der Waals surface area (Å²) in [5.74, 6) is 0.0742. The minimum atomic E-state index is -0.171. The summed E-state index contributed by atoms with van der Waals surface area (Å²) in [6, 6.07) is 7.38. The Balaban J connectivity index is 1.67. The van der Waals surface area contributed by atoms with Crippen LogP contribution >= 0.6 is 0 Å². The first kappa shape index (κ1) is 17.6. The van der Waals surface area contributed by atoms with Crippen molar-refractivity contribution in [3.63, 3.8) is 0 Å². The fourth-order valence-corrected chi connectivity index (χ4v) is 3.00. The number of benzene rings is 1. The second-order valence-electron chi connectivity index (χ2n) is 6.47. The molecule has 3 rings (SSSR count). The lowest BCUT2D eigenvalue weighted by atomic mass is 10.0. The summed E-state index contributed by atoms with van der Waals surface area (Å²) in [6.07, 6.45) is 8.97. The number of aromatic nitrogens is 1. The summed E-state index contributed by atoms with van der Waals surface area (Å²) < 4.78 is 19.8. The largest absolute Gasteiger partial charge is 0.466 e. The molecular formula is C21H24FNO2. The molecule has 25 heavy (non-hydrogen) atoms. The maximum absolute atomic E-state index is 14.9. The monoisotopic (exact) mass is 341 g/mol. The summed E-state index contributed by atoms with van der Waals surface area (Å²) in [6.45, 7) is 2.24. The van der Waals surface area contributed by atoms with Gasteiger partial charge >= 0.3 is 5.97 Å². The van der Waals surface area contributed by atoms with Gasteiger partial charge in [0.1, 0.15) is 5.82 Å². The molecule has 132 valence electrons. The number of ether oxygens (including phenoxy) is 1. The van der Waals surface area contributed by atoms with Gasteiger partial charge in [0.25, 0.3) is 0 Å². The standard InChI is InChI=1S/C21H24FNO2/c1-2-25-19(24)12-6-4-3-5-10-17-20(22)16-9-7-8-11-18(16)23-21(17)15-13-14-15/h5,7-11,15H,2-4,6,12-14H2,1H3/b10-5+. The fraction of sp³-hybridized carbons (Fsp3) is 0.429. The molecule has 3 nitrogen and oxygen atoms in total. The molecule has 1 aliphatic rings. The lowest BCUT2D eigenvalue weighted by Crippen LogP contribution is -2.02. The van der Waals surface area contributed by atoms with E-state index in [0.29, 0.717) is 29.9 Å². The molecule has 1 aromatic heterocycles. The van der Waals surface area contributed by atoms with Crippen LogP contribution in [0.2, 0.25) is 0 Å². The van der Waals surface area contributed by atoms with Gasteiger partial charge in [-0.2, -0.15) is 0 Å². The molecule has 1 heterocycles. The average molecular weight is 341 g/mol. The summed E-state index contributed by atoms with van der Waals surface area (Å²) in [7, 11) is 0. The highest BCUT2D eigenvalue weighted by molar-refractivity contribution is 5.82. The molecule has 0 saturated heterocycles. The van der Waals surface area contributed by atoms with Gasteiger partial charge in [0.2, 0.25) is 0 Å². The number of nitrogens with zero attached hydrogens (tertiary/aromatic N) is 1. The highest BCUT2D eigenvalue weighted by Gasteiger charge is 2.29. The average Bonchev–Trinajstić information content (AvgIpc) is 3.44. The summed E-state index contributed by atoms with van der Waals surface area (Å²) >= 11 is 0. The fourth-order valence-electron chi connectivity index (χ4n) is 3.00. The van der Waals surface area contributed by atoms with Crippen molar-refractivity contribution in [1.29, 1.82) is 0 Å². The predicted molar refractivity (Wildman–Crippen MR) is 97.8 cm³/mol. The number of halogens is 1. The highest BCUT2D eigenvalue weighted by Crippen LogP contribution is 2.42. The van der Waals surface area contributed by atoms with Crippen LogP contribution in [0.15, 0.2) is 30.3 Å². The number of para-hydroxylation sites is 1. The van der Waals surface area contributed by atoms with Crippen LogP contribution in [0.1, 0.15) is 62.6 Å². The number of esters is 1. The van der Waals surface area contributed by atoms with E-state index in [-0.39, 0.29) is 11.8 Å². The van der Waals surface area contributed by atoms with E-state index in [1.54, 1.807) is 6.07 Å². The number of allylic oxidation sites excluding steroid dienone is 1. The van der Waals surface area contributed by atoms with E-state index in [1.807, 2.05) is 37.3 Å². The summed E-state index contributed by atoms with van der Waals surface area (Å²) in [5.41, 5.74) is 2.25. The predicted octanol–water partition coefficient (Wildman–Crippen LogP) is 5.39. The molecule has 4 heteroatoms. The van der Waals surface area contributed by atoms with E-state index >= 15 is 0 Å². The third-order valence-electron chi connectivity index (χ3n) is 4.45. The Morgan fingerprint density at radius 2 is 2.12 bits per heavy atom. The van der Waals surface area contributed by atoms with Gasteiger partial charge in [-0.25, -0.2) is 4.39 Å². The van der Waals surface area contributed by atoms with Gasteiger partial charge in [0.15, 0.2) is 0 Å². The van der Waals surface area contributed by atoms with Crippen LogP contribution < -0.4 is 0 Å². The number of rotatable bonds is 8. The highest BCUT2D eigenvalue weighted by atomic mass is 19.1. The first-order valence-corrected chi connectivity index (χ1v) is 9.11. The quantitative estimate of drug-likeness (QED) is 0.477. The molecule has 0 unspecified atom stereocenters. The van der Waals surface area contributed by atoms with E-state index in [0.717, 1.165) is 43.3 Å². The molecule has 2 aromatic rings. The molecule has 0 amide bonds. The molecule has 0 atom stereocenters. The molecular weight excluding hydrogens is 317 g/mol.